The second-order valence-electron chi connectivity index (χ2n) is 6.54. The van der Waals surface area contributed by atoms with Crippen LogP contribution in [0, 0.1) is 13.8 Å². The summed E-state index contributed by atoms with van der Waals surface area (Å²) in [7, 11) is 0. The van der Waals surface area contributed by atoms with E-state index in [1.54, 1.807) is 33.9 Å². The van der Waals surface area contributed by atoms with E-state index in [2.05, 4.69) is 36.2 Å². The molecule has 10 nitrogen and oxygen atoms in total. The number of hydrogen-bond acceptors (Lipinski definition) is 7. The molecule has 0 unspecified atom stereocenters. The van der Waals surface area contributed by atoms with E-state index in [0.29, 0.717) is 22.2 Å². The van der Waals surface area contributed by atoms with E-state index in [9.17, 15) is 4.79 Å². The molecule has 0 aliphatic heterocycles. The molecule has 2 aromatic heterocycles. The van der Waals surface area contributed by atoms with Crippen LogP contribution in [0.1, 0.15) is 11.4 Å². The molecule has 4 aromatic rings. The lowest BCUT2D eigenvalue weighted by atomic mass is 10.2. The number of nitrogens with zero attached hydrogens (tertiary/aromatic N) is 7. The van der Waals surface area contributed by atoms with Crippen LogP contribution in [0.2, 0.25) is 5.02 Å². The predicted octanol–water partition coefficient (Wildman–Crippen LogP) is 2.56. The Morgan fingerprint density at radius 1 is 1.13 bits per heavy atom. The van der Waals surface area contributed by atoms with Gasteiger partial charge in [0.15, 0.2) is 5.82 Å². The summed E-state index contributed by atoms with van der Waals surface area (Å²) in [5.74, 6) is 0.439. The van der Waals surface area contributed by atoms with Crippen LogP contribution in [0.25, 0.3) is 11.4 Å². The number of aryl methyl sites for hydroxylation is 2. The molecule has 4 rings (SSSR count). The topological polar surface area (TPSA) is 115 Å². The number of aromatic nitrogens is 7. The van der Waals surface area contributed by atoms with E-state index in [1.807, 2.05) is 32.0 Å². The molecule has 0 aliphatic rings. The number of nitrogens with one attached hydrogen (secondary N) is 2. The minimum absolute atomic E-state index is 0.0560. The molecule has 0 fully saturated rings. The van der Waals surface area contributed by atoms with Gasteiger partial charge >= 0.3 is 0 Å². The molecule has 0 bridgehead atoms. The molecule has 2 aromatic carbocycles. The van der Waals surface area contributed by atoms with Gasteiger partial charge in [0.25, 0.3) is 0 Å². The van der Waals surface area contributed by atoms with Crippen molar-refractivity contribution in [1.29, 1.82) is 0 Å². The molecule has 0 saturated heterocycles. The highest BCUT2D eigenvalue weighted by molar-refractivity contribution is 6.31. The number of benzene rings is 2. The molecule has 0 atom stereocenters. The third-order valence-electron chi connectivity index (χ3n) is 4.41. The van der Waals surface area contributed by atoms with Crippen molar-refractivity contribution in [1.82, 2.24) is 35.0 Å². The van der Waals surface area contributed by atoms with Gasteiger partial charge in [0, 0.05) is 10.7 Å². The maximum atomic E-state index is 12.6. The zero-order valence-electron chi connectivity index (χ0n) is 16.2. The third kappa shape index (κ3) is 4.13. The summed E-state index contributed by atoms with van der Waals surface area (Å²) < 4.78 is 3.21. The van der Waals surface area contributed by atoms with Gasteiger partial charge in [0.1, 0.15) is 12.7 Å². The summed E-state index contributed by atoms with van der Waals surface area (Å²) in [6.45, 7) is 3.85. The van der Waals surface area contributed by atoms with Crippen LogP contribution in [-0.4, -0.2) is 47.4 Å². The summed E-state index contributed by atoms with van der Waals surface area (Å²) in [6, 6.07) is 10.9. The molecule has 2 N–H and O–H groups in total. The fourth-order valence-corrected chi connectivity index (χ4v) is 3.09. The summed E-state index contributed by atoms with van der Waals surface area (Å²) in [5, 5.41) is 22.2. The van der Waals surface area contributed by atoms with Gasteiger partial charge in [-0.25, -0.2) is 9.67 Å². The van der Waals surface area contributed by atoms with Crippen molar-refractivity contribution in [2.24, 2.45) is 0 Å². The molecule has 0 saturated carbocycles. The minimum atomic E-state index is -0.237. The number of hydrogen-bond donors (Lipinski definition) is 2. The van der Waals surface area contributed by atoms with E-state index >= 15 is 0 Å². The van der Waals surface area contributed by atoms with Gasteiger partial charge in [0.2, 0.25) is 5.91 Å². The number of carbonyl (C=O) groups is 1. The lowest BCUT2D eigenvalue weighted by Gasteiger charge is -2.13. The molecule has 0 aliphatic carbocycles. The maximum Gasteiger partial charge on any atom is 0.243 e. The minimum Gasteiger partial charge on any atom is -0.376 e. The van der Waals surface area contributed by atoms with E-state index in [0.717, 1.165) is 16.9 Å². The second kappa shape index (κ2) is 8.29. The third-order valence-corrected chi connectivity index (χ3v) is 4.65. The van der Waals surface area contributed by atoms with Crippen molar-refractivity contribution in [3.05, 3.63) is 65.5 Å². The van der Waals surface area contributed by atoms with Gasteiger partial charge < -0.3 is 10.6 Å². The number of halogens is 1. The van der Waals surface area contributed by atoms with Crippen LogP contribution in [0.5, 0.6) is 0 Å². The van der Waals surface area contributed by atoms with Crippen molar-refractivity contribution in [2.75, 3.05) is 17.2 Å². The highest BCUT2D eigenvalue weighted by Gasteiger charge is 2.12. The standard InChI is InChI=1S/C19H18ClN9O/c1-12-3-5-15(8-18(12)29-13(2)25-26-27-29)22-9-19(30)24-16-7-14(20)4-6-17(16)28-11-21-10-23-28/h3-8,10-11,22H,9H2,1-2H3,(H,24,30). The van der Waals surface area contributed by atoms with Gasteiger partial charge in [-0.05, 0) is 60.2 Å². The first-order valence-electron chi connectivity index (χ1n) is 9.05. The van der Waals surface area contributed by atoms with E-state index in [4.69, 9.17) is 11.6 Å². The molecule has 0 spiro atoms. The average molecular weight is 424 g/mol. The Morgan fingerprint density at radius 2 is 2.00 bits per heavy atom. The second-order valence-corrected chi connectivity index (χ2v) is 6.98. The Morgan fingerprint density at radius 3 is 2.73 bits per heavy atom. The summed E-state index contributed by atoms with van der Waals surface area (Å²) in [4.78, 5) is 16.5. The number of carbonyl (C=O) groups excluding carboxylic acids is 1. The highest BCUT2D eigenvalue weighted by Crippen LogP contribution is 2.24. The van der Waals surface area contributed by atoms with Crippen LogP contribution in [0.4, 0.5) is 11.4 Å². The summed E-state index contributed by atoms with van der Waals surface area (Å²) >= 11 is 6.10. The number of amides is 1. The lowest BCUT2D eigenvalue weighted by molar-refractivity contribution is -0.114. The molecule has 11 heteroatoms. The Hall–Kier alpha value is -3.79. The fraction of sp³-hybridized carbons (Fsp3) is 0.158. The first-order valence-corrected chi connectivity index (χ1v) is 9.43. The lowest BCUT2D eigenvalue weighted by Crippen LogP contribution is -2.22. The van der Waals surface area contributed by atoms with Gasteiger partial charge in [-0.3, -0.25) is 4.79 Å². The van der Waals surface area contributed by atoms with Crippen molar-refractivity contribution in [2.45, 2.75) is 13.8 Å². The smallest absolute Gasteiger partial charge is 0.243 e. The van der Waals surface area contributed by atoms with Gasteiger partial charge in [-0.15, -0.1) is 5.10 Å². The molecule has 0 radical (unpaired) electrons. The Labute approximate surface area is 176 Å². The van der Waals surface area contributed by atoms with Crippen molar-refractivity contribution in [3.63, 3.8) is 0 Å². The van der Waals surface area contributed by atoms with Crippen LogP contribution < -0.4 is 10.6 Å². The van der Waals surface area contributed by atoms with Crippen molar-refractivity contribution >= 4 is 28.9 Å². The van der Waals surface area contributed by atoms with Crippen LogP contribution in [0.15, 0.2) is 49.1 Å². The quantitative estimate of drug-likeness (QED) is 0.489. The van der Waals surface area contributed by atoms with Gasteiger partial charge in [-0.1, -0.05) is 17.7 Å². The molecule has 2 heterocycles. The van der Waals surface area contributed by atoms with Gasteiger partial charge in [0.05, 0.1) is 23.6 Å². The molecular formula is C19H18ClN9O. The average Bonchev–Trinajstić information content (AvgIpc) is 3.39. The van der Waals surface area contributed by atoms with Crippen LogP contribution in [0.3, 0.4) is 0 Å². The fourth-order valence-electron chi connectivity index (χ4n) is 2.92. The van der Waals surface area contributed by atoms with E-state index < -0.39 is 0 Å². The van der Waals surface area contributed by atoms with Crippen LogP contribution in [-0.2, 0) is 4.79 Å². The predicted molar refractivity (Wildman–Crippen MR) is 112 cm³/mol. The summed E-state index contributed by atoms with van der Waals surface area (Å²) in [6.07, 6.45) is 2.97. The first-order chi connectivity index (χ1) is 14.5. The van der Waals surface area contributed by atoms with Gasteiger partial charge in [-0.2, -0.15) is 9.78 Å². The molecule has 152 valence electrons. The SMILES string of the molecule is Cc1ccc(NCC(=O)Nc2cc(Cl)ccc2-n2cncn2)cc1-n1nnnc1C. The normalized spacial score (nSPS) is 10.8. The Kier molecular flexibility index (Phi) is 5.40. The zero-order valence-corrected chi connectivity index (χ0v) is 17.0. The van der Waals surface area contributed by atoms with Crippen molar-refractivity contribution < 1.29 is 4.79 Å². The summed E-state index contributed by atoms with van der Waals surface area (Å²) in [5.41, 5.74) is 3.82. The Balaban J connectivity index is 1.48. The largest absolute Gasteiger partial charge is 0.376 e. The molecular weight excluding hydrogens is 406 g/mol. The maximum absolute atomic E-state index is 12.6. The number of anilines is 2. The zero-order chi connectivity index (χ0) is 21.1. The highest BCUT2D eigenvalue weighted by atomic mass is 35.5. The number of rotatable bonds is 6. The molecule has 1 amide bonds. The monoisotopic (exact) mass is 423 g/mol. The van der Waals surface area contributed by atoms with Crippen molar-refractivity contribution in [3.8, 4) is 11.4 Å². The first kappa shape index (κ1) is 19.5. The molecule has 30 heavy (non-hydrogen) atoms. The number of tetrazole rings is 1. The van der Waals surface area contributed by atoms with Crippen LogP contribution >= 0.6 is 11.6 Å². The van der Waals surface area contributed by atoms with E-state index in [-0.39, 0.29) is 12.5 Å². The van der Waals surface area contributed by atoms with E-state index in [1.165, 1.54) is 6.33 Å². The Bertz CT molecular complexity index is 1190.